The van der Waals surface area contributed by atoms with E-state index in [1.165, 1.54) is 64.2 Å². The van der Waals surface area contributed by atoms with Crippen molar-refractivity contribution in [3.8, 4) is 0 Å². The highest BCUT2D eigenvalue weighted by Crippen LogP contribution is 2.44. The lowest BCUT2D eigenvalue weighted by molar-refractivity contribution is -0.0873. The van der Waals surface area contributed by atoms with Crippen LogP contribution in [0.5, 0.6) is 0 Å². The first-order valence-corrected chi connectivity index (χ1v) is 7.88. The Labute approximate surface area is 111 Å². The maximum Gasteiger partial charge on any atom is 0.0688 e. The van der Waals surface area contributed by atoms with Gasteiger partial charge in [-0.25, -0.2) is 0 Å². The van der Waals surface area contributed by atoms with Crippen LogP contribution in [0.25, 0.3) is 0 Å². The van der Waals surface area contributed by atoms with E-state index >= 15 is 0 Å². The van der Waals surface area contributed by atoms with Gasteiger partial charge in [0.2, 0.25) is 0 Å². The predicted molar refractivity (Wildman–Crippen MR) is 74.4 cm³/mol. The molecule has 3 rings (SSSR count). The Balaban J connectivity index is 1.71. The summed E-state index contributed by atoms with van der Waals surface area (Å²) in [6.45, 7) is 0.969. The lowest BCUT2D eigenvalue weighted by Crippen LogP contribution is -2.38. The molecule has 2 fully saturated rings. The molecule has 2 N–H and O–H groups in total. The molecule has 1 saturated heterocycles. The highest BCUT2D eigenvalue weighted by Gasteiger charge is 2.40. The highest BCUT2D eigenvalue weighted by atomic mass is 16.5. The number of rotatable bonds is 1. The topological polar surface area (TPSA) is 35.2 Å². The third-order valence-electron chi connectivity index (χ3n) is 5.21. The molecule has 2 aliphatic carbocycles. The Morgan fingerprint density at radius 3 is 2.78 bits per heavy atom. The number of nitrogens with two attached hydrogens (primary N) is 1. The van der Waals surface area contributed by atoms with Crippen molar-refractivity contribution in [2.75, 3.05) is 6.61 Å². The lowest BCUT2D eigenvalue weighted by atomic mass is 9.79. The van der Waals surface area contributed by atoms with Crippen LogP contribution < -0.4 is 5.73 Å². The molecular weight excluding hydrogens is 222 g/mol. The van der Waals surface area contributed by atoms with Crippen molar-refractivity contribution in [3.63, 3.8) is 0 Å². The zero-order valence-corrected chi connectivity index (χ0v) is 11.5. The van der Waals surface area contributed by atoms with Gasteiger partial charge in [0, 0.05) is 12.6 Å². The molecule has 1 spiro atoms. The molecule has 0 aromatic heterocycles. The normalized spacial score (nSPS) is 36.4. The summed E-state index contributed by atoms with van der Waals surface area (Å²) in [5.74, 6) is 0.765. The van der Waals surface area contributed by atoms with Gasteiger partial charge in [-0.05, 0) is 50.9 Å². The monoisotopic (exact) mass is 249 g/mol. The first-order valence-electron chi connectivity index (χ1n) is 7.88. The molecule has 1 heterocycles. The van der Waals surface area contributed by atoms with Gasteiger partial charge < -0.3 is 10.5 Å². The van der Waals surface area contributed by atoms with Crippen LogP contribution in [0, 0.1) is 5.92 Å². The summed E-state index contributed by atoms with van der Waals surface area (Å²) in [5.41, 5.74) is 8.08. The van der Waals surface area contributed by atoms with Crippen LogP contribution in [-0.4, -0.2) is 18.2 Å². The number of allylic oxidation sites excluding steroid dienone is 1. The summed E-state index contributed by atoms with van der Waals surface area (Å²) < 4.78 is 6.15. The van der Waals surface area contributed by atoms with Gasteiger partial charge in [-0.1, -0.05) is 30.9 Å². The van der Waals surface area contributed by atoms with E-state index in [0.717, 1.165) is 12.5 Å². The molecule has 0 aromatic carbocycles. The van der Waals surface area contributed by atoms with Crippen LogP contribution in [0.2, 0.25) is 0 Å². The average molecular weight is 249 g/mol. The fourth-order valence-electron chi connectivity index (χ4n) is 4.20. The van der Waals surface area contributed by atoms with Crippen molar-refractivity contribution in [1.82, 2.24) is 0 Å². The van der Waals surface area contributed by atoms with Crippen molar-refractivity contribution in [2.24, 2.45) is 11.7 Å². The van der Waals surface area contributed by atoms with Crippen molar-refractivity contribution >= 4 is 0 Å². The van der Waals surface area contributed by atoms with Gasteiger partial charge in [0.15, 0.2) is 0 Å². The predicted octanol–water partition coefficient (Wildman–Crippen LogP) is 3.55. The van der Waals surface area contributed by atoms with Crippen molar-refractivity contribution in [3.05, 3.63) is 11.6 Å². The SMILES string of the molecule is NC1C=C(C2CCOC3(CCCC3)C2)CCCC1. The maximum absolute atomic E-state index is 6.17. The molecule has 3 aliphatic rings. The minimum absolute atomic E-state index is 0.250. The average Bonchev–Trinajstić information content (AvgIpc) is 2.69. The third kappa shape index (κ3) is 2.65. The van der Waals surface area contributed by atoms with Crippen molar-refractivity contribution in [1.29, 1.82) is 0 Å². The summed E-state index contributed by atoms with van der Waals surface area (Å²) >= 11 is 0. The Morgan fingerprint density at radius 2 is 1.94 bits per heavy atom. The van der Waals surface area contributed by atoms with Crippen LogP contribution >= 0.6 is 0 Å². The van der Waals surface area contributed by atoms with E-state index in [9.17, 15) is 0 Å². The van der Waals surface area contributed by atoms with Gasteiger partial charge in [-0.15, -0.1) is 0 Å². The second-order valence-corrected chi connectivity index (χ2v) is 6.58. The number of hydrogen-bond donors (Lipinski definition) is 1. The van der Waals surface area contributed by atoms with E-state index < -0.39 is 0 Å². The smallest absolute Gasteiger partial charge is 0.0688 e. The van der Waals surface area contributed by atoms with Crippen molar-refractivity contribution < 1.29 is 4.74 Å². The van der Waals surface area contributed by atoms with Gasteiger partial charge in [0.25, 0.3) is 0 Å². The van der Waals surface area contributed by atoms with Gasteiger partial charge in [-0.3, -0.25) is 0 Å². The molecular formula is C16H27NO. The quantitative estimate of drug-likeness (QED) is 0.721. The van der Waals surface area contributed by atoms with Crippen molar-refractivity contribution in [2.45, 2.75) is 75.9 Å². The third-order valence-corrected chi connectivity index (χ3v) is 5.21. The molecule has 0 radical (unpaired) electrons. The number of ether oxygens (including phenoxy) is 1. The van der Waals surface area contributed by atoms with E-state index in [4.69, 9.17) is 10.5 Å². The summed E-state index contributed by atoms with van der Waals surface area (Å²) in [6, 6.07) is 0.310. The van der Waals surface area contributed by atoms with E-state index in [-0.39, 0.29) is 5.60 Å². The van der Waals surface area contributed by atoms with Crippen LogP contribution in [0.15, 0.2) is 11.6 Å². The number of hydrogen-bond acceptors (Lipinski definition) is 2. The molecule has 0 aromatic rings. The Morgan fingerprint density at radius 1 is 1.11 bits per heavy atom. The summed E-state index contributed by atoms with van der Waals surface area (Å²) in [7, 11) is 0. The van der Waals surface area contributed by atoms with Crippen LogP contribution in [-0.2, 0) is 4.74 Å². The van der Waals surface area contributed by atoms with Crippen LogP contribution in [0.3, 0.4) is 0 Å². The van der Waals surface area contributed by atoms with E-state index in [1.807, 2.05) is 0 Å². The Kier molecular flexibility index (Phi) is 3.76. The summed E-state index contributed by atoms with van der Waals surface area (Å²) in [5, 5.41) is 0. The second-order valence-electron chi connectivity index (χ2n) is 6.58. The van der Waals surface area contributed by atoms with Gasteiger partial charge in [0.1, 0.15) is 0 Å². The molecule has 1 saturated carbocycles. The molecule has 2 nitrogen and oxygen atoms in total. The highest BCUT2D eigenvalue weighted by molar-refractivity contribution is 5.14. The van der Waals surface area contributed by atoms with E-state index in [1.54, 1.807) is 5.57 Å². The first-order chi connectivity index (χ1) is 8.77. The second kappa shape index (κ2) is 5.34. The minimum Gasteiger partial charge on any atom is -0.375 e. The van der Waals surface area contributed by atoms with Gasteiger partial charge >= 0.3 is 0 Å². The maximum atomic E-state index is 6.17. The Hall–Kier alpha value is -0.340. The zero-order valence-electron chi connectivity index (χ0n) is 11.5. The molecule has 18 heavy (non-hydrogen) atoms. The standard InChI is InChI=1S/C16H27NO/c17-15-6-2-1-5-13(11-15)14-7-10-18-16(12-14)8-3-4-9-16/h11,14-15H,1-10,12,17H2. The summed E-state index contributed by atoms with van der Waals surface area (Å²) in [6.07, 6.45) is 15.3. The Bertz CT molecular complexity index is 317. The fraction of sp³-hybridized carbons (Fsp3) is 0.875. The lowest BCUT2D eigenvalue weighted by Gasteiger charge is -2.39. The molecule has 102 valence electrons. The summed E-state index contributed by atoms with van der Waals surface area (Å²) in [4.78, 5) is 0. The molecule has 0 amide bonds. The molecule has 0 bridgehead atoms. The van der Waals surface area contributed by atoms with Crippen LogP contribution in [0.1, 0.15) is 64.2 Å². The molecule has 1 aliphatic heterocycles. The molecule has 2 unspecified atom stereocenters. The van der Waals surface area contributed by atoms with Crippen LogP contribution in [0.4, 0.5) is 0 Å². The molecule has 2 heteroatoms. The largest absolute Gasteiger partial charge is 0.375 e. The van der Waals surface area contributed by atoms with E-state index in [0.29, 0.717) is 6.04 Å². The van der Waals surface area contributed by atoms with E-state index in [2.05, 4.69) is 6.08 Å². The van der Waals surface area contributed by atoms with Gasteiger partial charge in [0.05, 0.1) is 5.60 Å². The minimum atomic E-state index is 0.250. The fourth-order valence-corrected chi connectivity index (χ4v) is 4.20. The zero-order chi connectivity index (χ0) is 12.4. The molecule has 2 atom stereocenters. The van der Waals surface area contributed by atoms with Gasteiger partial charge in [-0.2, -0.15) is 0 Å². The first kappa shape index (κ1) is 12.7.